The van der Waals surface area contributed by atoms with Crippen LogP contribution in [-0.2, 0) is 19.2 Å². The quantitative estimate of drug-likeness (QED) is 0.426. The Hall–Kier alpha value is -2.64. The first kappa shape index (κ1) is 18.7. The van der Waals surface area contributed by atoms with E-state index in [0.29, 0.717) is 0 Å². The van der Waals surface area contributed by atoms with Crippen molar-refractivity contribution in [3.8, 4) is 0 Å². The van der Waals surface area contributed by atoms with Crippen molar-refractivity contribution in [3.05, 3.63) is 82.6 Å². The topological polar surface area (TPSA) is 55.6 Å². The summed E-state index contributed by atoms with van der Waals surface area (Å²) in [5, 5.41) is 16.0. The summed E-state index contributed by atoms with van der Waals surface area (Å²) in [6, 6.07) is 18.7. The van der Waals surface area contributed by atoms with Crippen LogP contribution in [0, 0.1) is 6.92 Å². The van der Waals surface area contributed by atoms with E-state index < -0.39 is 0 Å². The molecule has 0 spiro atoms. The predicted molar refractivity (Wildman–Crippen MR) is 116 cm³/mol. The molecule has 0 aliphatic rings. The molecule has 142 valence electrons. The molecule has 0 bridgehead atoms. The summed E-state index contributed by atoms with van der Waals surface area (Å²) >= 11 is 3.28. The van der Waals surface area contributed by atoms with Gasteiger partial charge >= 0.3 is 0 Å². The van der Waals surface area contributed by atoms with E-state index in [1.165, 1.54) is 11.1 Å². The molecule has 0 amide bonds. The average Bonchev–Trinajstić information content (AvgIpc) is 3.30. The molecule has 2 aromatic carbocycles. The monoisotopic (exact) mass is 407 g/mol. The van der Waals surface area contributed by atoms with Crippen molar-refractivity contribution < 1.29 is 0 Å². The molecule has 28 heavy (non-hydrogen) atoms. The number of aromatic nitrogens is 4. The van der Waals surface area contributed by atoms with Gasteiger partial charge in [0.25, 0.3) is 0 Å². The minimum Gasteiger partial charge on any atom is -0.332 e. The molecule has 1 N–H and O–H groups in total. The molecule has 0 saturated carbocycles. The van der Waals surface area contributed by atoms with Gasteiger partial charge in [-0.25, -0.2) is 4.98 Å². The molecule has 0 aliphatic carbocycles. The fourth-order valence-electron chi connectivity index (χ4n) is 2.73. The Labute approximate surface area is 172 Å². The molecular weight excluding hydrogens is 386 g/mol. The molecule has 5 nitrogen and oxygen atoms in total. The lowest BCUT2D eigenvalue weighted by molar-refractivity contribution is 0.748. The fourth-order valence-corrected chi connectivity index (χ4v) is 4.39. The van der Waals surface area contributed by atoms with Crippen LogP contribution in [0.1, 0.15) is 22.6 Å². The maximum Gasteiger partial charge on any atom is 0.191 e. The number of hydrogen-bond acceptors (Lipinski definition) is 6. The Bertz CT molecular complexity index is 1040. The largest absolute Gasteiger partial charge is 0.332 e. The summed E-state index contributed by atoms with van der Waals surface area (Å²) in [4.78, 5) is 4.68. The van der Waals surface area contributed by atoms with E-state index in [0.717, 1.165) is 39.7 Å². The molecule has 0 atom stereocenters. The third-order valence-corrected chi connectivity index (χ3v) is 6.19. The SMILES string of the molecule is Cc1ccc(Nc2nc(CSc3nnc(Cc4ccccc4)n3C)cs2)cc1. The average molecular weight is 408 g/mol. The molecule has 0 aliphatic heterocycles. The molecule has 0 fully saturated rings. The second kappa shape index (κ2) is 8.58. The maximum absolute atomic E-state index is 4.68. The third-order valence-electron chi connectivity index (χ3n) is 4.33. The summed E-state index contributed by atoms with van der Waals surface area (Å²) in [5.74, 6) is 1.73. The minimum atomic E-state index is 0.767. The van der Waals surface area contributed by atoms with Gasteiger partial charge < -0.3 is 9.88 Å². The molecule has 0 radical (unpaired) electrons. The highest BCUT2D eigenvalue weighted by Crippen LogP contribution is 2.26. The van der Waals surface area contributed by atoms with Gasteiger partial charge in [0.2, 0.25) is 0 Å². The summed E-state index contributed by atoms with van der Waals surface area (Å²) in [7, 11) is 2.02. The van der Waals surface area contributed by atoms with Gasteiger partial charge in [-0.1, -0.05) is 59.8 Å². The molecule has 2 heterocycles. The van der Waals surface area contributed by atoms with E-state index in [1.807, 2.05) is 25.2 Å². The Morgan fingerprint density at radius 1 is 1.04 bits per heavy atom. The van der Waals surface area contributed by atoms with E-state index in [4.69, 9.17) is 0 Å². The van der Waals surface area contributed by atoms with Gasteiger partial charge in [0.15, 0.2) is 10.3 Å². The minimum absolute atomic E-state index is 0.767. The van der Waals surface area contributed by atoms with Crippen LogP contribution in [0.15, 0.2) is 65.1 Å². The van der Waals surface area contributed by atoms with Crippen molar-refractivity contribution in [1.29, 1.82) is 0 Å². The Morgan fingerprint density at radius 2 is 1.82 bits per heavy atom. The number of thiazole rings is 1. The van der Waals surface area contributed by atoms with Crippen LogP contribution < -0.4 is 5.32 Å². The number of nitrogens with one attached hydrogen (secondary N) is 1. The van der Waals surface area contributed by atoms with Gasteiger partial charge in [0.1, 0.15) is 5.82 Å². The predicted octanol–water partition coefficient (Wildman–Crippen LogP) is 5.21. The summed E-state index contributed by atoms with van der Waals surface area (Å²) in [6.07, 6.45) is 0.784. The molecule has 0 saturated heterocycles. The zero-order valence-electron chi connectivity index (χ0n) is 15.8. The third kappa shape index (κ3) is 4.61. The first-order valence-corrected chi connectivity index (χ1v) is 10.9. The normalized spacial score (nSPS) is 10.9. The van der Waals surface area contributed by atoms with Crippen molar-refractivity contribution in [2.24, 2.45) is 7.05 Å². The van der Waals surface area contributed by atoms with E-state index in [-0.39, 0.29) is 0 Å². The Kier molecular flexibility index (Phi) is 5.73. The van der Waals surface area contributed by atoms with Gasteiger partial charge in [-0.3, -0.25) is 0 Å². The Balaban J connectivity index is 1.36. The highest BCUT2D eigenvalue weighted by atomic mass is 32.2. The molecule has 4 rings (SSSR count). The lowest BCUT2D eigenvalue weighted by Crippen LogP contribution is -2.00. The smallest absolute Gasteiger partial charge is 0.191 e. The molecule has 7 heteroatoms. The zero-order valence-corrected chi connectivity index (χ0v) is 17.4. The van der Waals surface area contributed by atoms with Gasteiger partial charge in [-0.15, -0.1) is 21.5 Å². The van der Waals surface area contributed by atoms with Crippen molar-refractivity contribution in [3.63, 3.8) is 0 Å². The second-order valence-corrected chi connectivity index (χ2v) is 8.34. The highest BCUT2D eigenvalue weighted by Gasteiger charge is 2.11. The Morgan fingerprint density at radius 3 is 2.61 bits per heavy atom. The van der Waals surface area contributed by atoms with Crippen molar-refractivity contribution >= 4 is 33.9 Å². The van der Waals surface area contributed by atoms with E-state index >= 15 is 0 Å². The van der Waals surface area contributed by atoms with Crippen LogP contribution in [0.3, 0.4) is 0 Å². The first-order valence-electron chi connectivity index (χ1n) is 9.00. The van der Waals surface area contributed by atoms with Crippen molar-refractivity contribution in [2.75, 3.05) is 5.32 Å². The van der Waals surface area contributed by atoms with Crippen LogP contribution in [0.5, 0.6) is 0 Å². The maximum atomic E-state index is 4.68. The number of aryl methyl sites for hydroxylation is 1. The molecule has 0 unspecified atom stereocenters. The summed E-state index contributed by atoms with van der Waals surface area (Å²) in [6.45, 7) is 2.08. The number of anilines is 2. The number of hydrogen-bond donors (Lipinski definition) is 1. The standard InChI is InChI=1S/C21H21N5S2/c1-15-8-10-17(11-9-15)22-20-23-18(13-27-20)14-28-21-25-24-19(26(21)2)12-16-6-4-3-5-7-16/h3-11,13H,12,14H2,1-2H3,(H,22,23). The first-order chi connectivity index (χ1) is 13.7. The highest BCUT2D eigenvalue weighted by molar-refractivity contribution is 7.98. The van der Waals surface area contributed by atoms with Crippen LogP contribution in [0.2, 0.25) is 0 Å². The number of nitrogens with zero attached hydrogens (tertiary/aromatic N) is 4. The van der Waals surface area contributed by atoms with Crippen LogP contribution in [0.4, 0.5) is 10.8 Å². The lowest BCUT2D eigenvalue weighted by Gasteiger charge is -2.04. The molecule has 2 aromatic heterocycles. The number of rotatable bonds is 7. The van der Waals surface area contributed by atoms with Crippen molar-refractivity contribution in [2.45, 2.75) is 24.3 Å². The van der Waals surface area contributed by atoms with Gasteiger partial charge in [-0.05, 0) is 24.6 Å². The fraction of sp³-hybridized carbons (Fsp3) is 0.190. The zero-order chi connectivity index (χ0) is 19.3. The van der Waals surface area contributed by atoms with Crippen LogP contribution >= 0.6 is 23.1 Å². The van der Waals surface area contributed by atoms with Gasteiger partial charge in [0, 0.05) is 30.3 Å². The molecular formula is C21H21N5S2. The van der Waals surface area contributed by atoms with E-state index in [1.54, 1.807) is 23.1 Å². The summed E-state index contributed by atoms with van der Waals surface area (Å²) in [5.41, 5.74) is 4.58. The summed E-state index contributed by atoms with van der Waals surface area (Å²) < 4.78 is 2.06. The van der Waals surface area contributed by atoms with Gasteiger partial charge in [0.05, 0.1) is 5.69 Å². The van der Waals surface area contributed by atoms with Crippen LogP contribution in [0.25, 0.3) is 0 Å². The van der Waals surface area contributed by atoms with E-state index in [9.17, 15) is 0 Å². The number of benzene rings is 2. The lowest BCUT2D eigenvalue weighted by atomic mass is 10.1. The van der Waals surface area contributed by atoms with E-state index in [2.05, 4.69) is 73.8 Å². The molecule has 4 aromatic rings. The van der Waals surface area contributed by atoms with Crippen LogP contribution in [-0.4, -0.2) is 19.7 Å². The number of thioether (sulfide) groups is 1. The van der Waals surface area contributed by atoms with Crippen molar-refractivity contribution in [1.82, 2.24) is 19.7 Å². The van der Waals surface area contributed by atoms with Gasteiger partial charge in [-0.2, -0.15) is 0 Å². The second-order valence-electron chi connectivity index (χ2n) is 6.54.